The molecule has 4 nitrogen and oxygen atoms in total. The van der Waals surface area contributed by atoms with Gasteiger partial charge < -0.3 is 10.6 Å². The van der Waals surface area contributed by atoms with E-state index < -0.39 is 0 Å². The summed E-state index contributed by atoms with van der Waals surface area (Å²) >= 11 is 0. The SMILES string of the molecule is Cc1cccc(CCC(=O)NCCN2CCNCC2)c1. The van der Waals surface area contributed by atoms with Crippen molar-refractivity contribution in [1.29, 1.82) is 0 Å². The Hall–Kier alpha value is -1.39. The van der Waals surface area contributed by atoms with Crippen LogP contribution >= 0.6 is 0 Å². The summed E-state index contributed by atoms with van der Waals surface area (Å²) in [5.41, 5.74) is 2.49. The first kappa shape index (κ1) is 15.0. The molecule has 0 unspecified atom stereocenters. The van der Waals surface area contributed by atoms with Crippen molar-refractivity contribution in [2.75, 3.05) is 39.3 Å². The van der Waals surface area contributed by atoms with Crippen LogP contribution in [-0.4, -0.2) is 50.1 Å². The summed E-state index contributed by atoms with van der Waals surface area (Å²) in [6.07, 6.45) is 1.39. The predicted octanol–water partition coefficient (Wildman–Crippen LogP) is 0.949. The second-order valence-corrected chi connectivity index (χ2v) is 5.43. The topological polar surface area (TPSA) is 44.4 Å². The molecule has 0 spiro atoms. The Labute approximate surface area is 121 Å². The molecule has 1 heterocycles. The summed E-state index contributed by atoms with van der Waals surface area (Å²) in [7, 11) is 0. The van der Waals surface area contributed by atoms with Crippen molar-refractivity contribution >= 4 is 5.91 Å². The van der Waals surface area contributed by atoms with Gasteiger partial charge >= 0.3 is 0 Å². The van der Waals surface area contributed by atoms with E-state index in [2.05, 4.69) is 40.7 Å². The normalized spacial score (nSPS) is 16.1. The molecule has 110 valence electrons. The second-order valence-electron chi connectivity index (χ2n) is 5.43. The highest BCUT2D eigenvalue weighted by atomic mass is 16.1. The van der Waals surface area contributed by atoms with Crippen LogP contribution in [0.15, 0.2) is 24.3 Å². The summed E-state index contributed by atoms with van der Waals surface area (Å²) in [5, 5.41) is 6.34. The fourth-order valence-electron chi connectivity index (χ4n) is 2.50. The summed E-state index contributed by atoms with van der Waals surface area (Å²) in [4.78, 5) is 14.2. The molecule has 1 aromatic carbocycles. The lowest BCUT2D eigenvalue weighted by atomic mass is 10.1. The van der Waals surface area contributed by atoms with Gasteiger partial charge in [-0.1, -0.05) is 29.8 Å². The quantitative estimate of drug-likeness (QED) is 0.812. The lowest BCUT2D eigenvalue weighted by molar-refractivity contribution is -0.121. The maximum Gasteiger partial charge on any atom is 0.220 e. The average Bonchev–Trinajstić information content (AvgIpc) is 2.46. The summed E-state index contributed by atoms with van der Waals surface area (Å²) in [6, 6.07) is 8.36. The van der Waals surface area contributed by atoms with Crippen LogP contribution in [0.1, 0.15) is 17.5 Å². The highest BCUT2D eigenvalue weighted by Crippen LogP contribution is 2.06. The van der Waals surface area contributed by atoms with Gasteiger partial charge in [-0.05, 0) is 18.9 Å². The average molecular weight is 275 g/mol. The fourth-order valence-corrected chi connectivity index (χ4v) is 2.50. The van der Waals surface area contributed by atoms with E-state index in [1.165, 1.54) is 11.1 Å². The van der Waals surface area contributed by atoms with Crippen LogP contribution in [0.2, 0.25) is 0 Å². The Balaban J connectivity index is 1.60. The number of nitrogens with one attached hydrogen (secondary N) is 2. The zero-order valence-corrected chi connectivity index (χ0v) is 12.3. The number of nitrogens with zero attached hydrogens (tertiary/aromatic N) is 1. The van der Waals surface area contributed by atoms with Crippen LogP contribution in [0.5, 0.6) is 0 Å². The predicted molar refractivity (Wildman–Crippen MR) is 81.8 cm³/mol. The molecule has 0 atom stereocenters. The van der Waals surface area contributed by atoms with Gasteiger partial charge in [-0.25, -0.2) is 0 Å². The molecule has 0 aromatic heterocycles. The van der Waals surface area contributed by atoms with Crippen LogP contribution in [0.3, 0.4) is 0 Å². The van der Waals surface area contributed by atoms with E-state index in [-0.39, 0.29) is 5.91 Å². The molecular weight excluding hydrogens is 250 g/mol. The zero-order valence-electron chi connectivity index (χ0n) is 12.3. The first-order valence-corrected chi connectivity index (χ1v) is 7.49. The number of aryl methyl sites for hydroxylation is 2. The second kappa shape index (κ2) is 8.02. The van der Waals surface area contributed by atoms with Crippen molar-refractivity contribution in [3.63, 3.8) is 0 Å². The van der Waals surface area contributed by atoms with Crippen LogP contribution < -0.4 is 10.6 Å². The van der Waals surface area contributed by atoms with Crippen molar-refractivity contribution in [3.05, 3.63) is 35.4 Å². The number of carbonyl (C=O) groups is 1. The number of benzene rings is 1. The van der Waals surface area contributed by atoms with Gasteiger partial charge in [-0.2, -0.15) is 0 Å². The molecule has 1 aliphatic rings. The van der Waals surface area contributed by atoms with E-state index in [1.54, 1.807) is 0 Å². The minimum Gasteiger partial charge on any atom is -0.355 e. The monoisotopic (exact) mass is 275 g/mol. The number of carbonyl (C=O) groups excluding carboxylic acids is 1. The molecule has 20 heavy (non-hydrogen) atoms. The van der Waals surface area contributed by atoms with Gasteiger partial charge in [0.15, 0.2) is 0 Å². The van der Waals surface area contributed by atoms with Crippen LogP contribution in [-0.2, 0) is 11.2 Å². The number of piperazine rings is 1. The van der Waals surface area contributed by atoms with Crippen molar-refractivity contribution in [1.82, 2.24) is 15.5 Å². The first-order chi connectivity index (χ1) is 9.74. The minimum absolute atomic E-state index is 0.154. The van der Waals surface area contributed by atoms with Crippen molar-refractivity contribution < 1.29 is 4.79 Å². The van der Waals surface area contributed by atoms with E-state index >= 15 is 0 Å². The van der Waals surface area contributed by atoms with E-state index in [0.717, 1.165) is 45.7 Å². The van der Waals surface area contributed by atoms with Gasteiger partial charge in [-0.15, -0.1) is 0 Å². The Morgan fingerprint density at radius 3 is 2.90 bits per heavy atom. The zero-order chi connectivity index (χ0) is 14.2. The van der Waals surface area contributed by atoms with Crippen molar-refractivity contribution in [2.24, 2.45) is 0 Å². The third-order valence-electron chi connectivity index (χ3n) is 3.68. The van der Waals surface area contributed by atoms with Gasteiger partial charge in [0.25, 0.3) is 0 Å². The van der Waals surface area contributed by atoms with Gasteiger partial charge in [0.05, 0.1) is 0 Å². The minimum atomic E-state index is 0.154. The maximum absolute atomic E-state index is 11.8. The van der Waals surface area contributed by atoms with Gasteiger partial charge in [0.2, 0.25) is 5.91 Å². The summed E-state index contributed by atoms with van der Waals surface area (Å²) in [5.74, 6) is 0.154. The molecule has 1 fully saturated rings. The Morgan fingerprint density at radius 1 is 1.35 bits per heavy atom. The van der Waals surface area contributed by atoms with Gasteiger partial charge in [0, 0.05) is 45.7 Å². The molecule has 2 N–H and O–H groups in total. The third kappa shape index (κ3) is 5.31. The van der Waals surface area contributed by atoms with Gasteiger partial charge in [-0.3, -0.25) is 9.69 Å². The molecule has 1 aromatic rings. The van der Waals surface area contributed by atoms with E-state index in [1.807, 2.05) is 6.07 Å². The van der Waals surface area contributed by atoms with E-state index in [4.69, 9.17) is 0 Å². The van der Waals surface area contributed by atoms with Crippen molar-refractivity contribution in [3.8, 4) is 0 Å². The van der Waals surface area contributed by atoms with E-state index in [0.29, 0.717) is 6.42 Å². The van der Waals surface area contributed by atoms with Crippen LogP contribution in [0.4, 0.5) is 0 Å². The highest BCUT2D eigenvalue weighted by molar-refractivity contribution is 5.76. The summed E-state index contributed by atoms with van der Waals surface area (Å²) in [6.45, 7) is 8.07. The number of hydrogen-bond donors (Lipinski definition) is 2. The van der Waals surface area contributed by atoms with Crippen LogP contribution in [0.25, 0.3) is 0 Å². The molecule has 0 radical (unpaired) electrons. The lowest BCUT2D eigenvalue weighted by Gasteiger charge is -2.27. The summed E-state index contributed by atoms with van der Waals surface area (Å²) < 4.78 is 0. The fraction of sp³-hybridized carbons (Fsp3) is 0.562. The van der Waals surface area contributed by atoms with Crippen molar-refractivity contribution in [2.45, 2.75) is 19.8 Å². The molecular formula is C16H25N3O. The smallest absolute Gasteiger partial charge is 0.220 e. The Morgan fingerprint density at radius 2 is 2.15 bits per heavy atom. The first-order valence-electron chi connectivity index (χ1n) is 7.49. The number of amides is 1. The largest absolute Gasteiger partial charge is 0.355 e. The number of rotatable bonds is 6. The van der Waals surface area contributed by atoms with Gasteiger partial charge in [0.1, 0.15) is 0 Å². The molecule has 1 amide bonds. The molecule has 1 aliphatic heterocycles. The highest BCUT2D eigenvalue weighted by Gasteiger charge is 2.09. The molecule has 1 saturated heterocycles. The molecule has 0 bridgehead atoms. The maximum atomic E-state index is 11.8. The van der Waals surface area contributed by atoms with Crippen LogP contribution in [0, 0.1) is 6.92 Å². The standard InChI is InChI=1S/C16H25N3O/c1-14-3-2-4-15(13-14)5-6-16(20)18-9-12-19-10-7-17-8-11-19/h2-4,13,17H,5-12H2,1H3,(H,18,20). The van der Waals surface area contributed by atoms with E-state index in [9.17, 15) is 4.79 Å². The molecule has 2 rings (SSSR count). The Bertz CT molecular complexity index is 427. The molecule has 0 aliphatic carbocycles. The third-order valence-corrected chi connectivity index (χ3v) is 3.68. The number of hydrogen-bond acceptors (Lipinski definition) is 3. The Kier molecular flexibility index (Phi) is 6.02. The lowest BCUT2D eigenvalue weighted by Crippen LogP contribution is -2.46. The molecule has 4 heteroatoms. The molecule has 0 saturated carbocycles.